The van der Waals surface area contributed by atoms with Gasteiger partial charge in [0.15, 0.2) is 5.58 Å². The van der Waals surface area contributed by atoms with Gasteiger partial charge < -0.3 is 14.8 Å². The second-order valence-electron chi connectivity index (χ2n) is 3.14. The van der Waals surface area contributed by atoms with Crippen LogP contribution in [0.2, 0.25) is 0 Å². The summed E-state index contributed by atoms with van der Waals surface area (Å²) in [5.41, 5.74) is 2.75. The number of aliphatic hydroxyl groups excluding tert-OH is 1. The average Bonchev–Trinajstić information content (AvgIpc) is 2.56. The molecule has 0 amide bonds. The van der Waals surface area contributed by atoms with E-state index in [2.05, 4.69) is 10.3 Å². The molecule has 1 heterocycles. The Bertz CT molecular complexity index is 437. The smallest absolute Gasteiger partial charge is 0.295 e. The highest BCUT2D eigenvalue weighted by Gasteiger charge is 2.03. The van der Waals surface area contributed by atoms with Crippen molar-refractivity contribution < 1.29 is 9.52 Å². The number of nitrogens with one attached hydrogen (secondary N) is 1. The monoisotopic (exact) mass is 192 g/mol. The van der Waals surface area contributed by atoms with Crippen molar-refractivity contribution in [3.8, 4) is 0 Å². The van der Waals surface area contributed by atoms with E-state index < -0.39 is 0 Å². The Balaban J connectivity index is 2.32. The van der Waals surface area contributed by atoms with Gasteiger partial charge in [-0.3, -0.25) is 0 Å². The topological polar surface area (TPSA) is 58.3 Å². The average molecular weight is 192 g/mol. The van der Waals surface area contributed by atoms with E-state index in [4.69, 9.17) is 9.52 Å². The lowest BCUT2D eigenvalue weighted by Gasteiger charge is -1.94. The summed E-state index contributed by atoms with van der Waals surface area (Å²) in [5, 5.41) is 11.5. The zero-order chi connectivity index (χ0) is 9.97. The van der Waals surface area contributed by atoms with Gasteiger partial charge in [0.05, 0.1) is 6.61 Å². The second kappa shape index (κ2) is 3.67. The molecule has 0 saturated carbocycles. The zero-order valence-electron chi connectivity index (χ0n) is 7.95. The fourth-order valence-corrected chi connectivity index (χ4v) is 1.28. The van der Waals surface area contributed by atoms with Crippen LogP contribution in [-0.2, 0) is 0 Å². The van der Waals surface area contributed by atoms with Crippen molar-refractivity contribution in [2.24, 2.45) is 0 Å². The largest absolute Gasteiger partial charge is 0.424 e. The Morgan fingerprint density at radius 1 is 1.50 bits per heavy atom. The molecule has 1 aromatic carbocycles. The van der Waals surface area contributed by atoms with Gasteiger partial charge in [0.25, 0.3) is 6.01 Å². The summed E-state index contributed by atoms with van der Waals surface area (Å²) in [6.07, 6.45) is 0. The maximum absolute atomic E-state index is 8.61. The van der Waals surface area contributed by atoms with Crippen molar-refractivity contribution in [3.63, 3.8) is 0 Å². The predicted molar refractivity (Wildman–Crippen MR) is 54.3 cm³/mol. The van der Waals surface area contributed by atoms with E-state index in [1.165, 1.54) is 0 Å². The Morgan fingerprint density at radius 2 is 2.36 bits per heavy atom. The third kappa shape index (κ3) is 1.70. The molecule has 2 aromatic rings. The van der Waals surface area contributed by atoms with Gasteiger partial charge in [-0.25, -0.2) is 0 Å². The van der Waals surface area contributed by atoms with Crippen LogP contribution >= 0.6 is 0 Å². The minimum atomic E-state index is 0.0672. The Hall–Kier alpha value is -1.55. The minimum absolute atomic E-state index is 0.0672. The molecular weight excluding hydrogens is 180 g/mol. The molecule has 0 radical (unpaired) electrons. The molecule has 0 unspecified atom stereocenters. The molecule has 0 bridgehead atoms. The van der Waals surface area contributed by atoms with Crippen LogP contribution in [0.1, 0.15) is 5.56 Å². The first-order valence-electron chi connectivity index (χ1n) is 4.51. The summed E-state index contributed by atoms with van der Waals surface area (Å²) in [5.74, 6) is 0. The molecule has 0 aliphatic heterocycles. The van der Waals surface area contributed by atoms with Crippen molar-refractivity contribution in [3.05, 3.63) is 23.8 Å². The number of benzene rings is 1. The van der Waals surface area contributed by atoms with Gasteiger partial charge in [0.2, 0.25) is 0 Å². The number of aliphatic hydroxyl groups is 1. The highest BCUT2D eigenvalue weighted by atomic mass is 16.4. The lowest BCUT2D eigenvalue weighted by Crippen LogP contribution is -2.05. The number of hydrogen-bond donors (Lipinski definition) is 2. The molecule has 4 heteroatoms. The van der Waals surface area contributed by atoms with Crippen LogP contribution in [0.15, 0.2) is 22.6 Å². The lowest BCUT2D eigenvalue weighted by atomic mass is 10.2. The van der Waals surface area contributed by atoms with Crippen LogP contribution in [-0.4, -0.2) is 23.2 Å². The molecule has 0 saturated heterocycles. The Labute approximate surface area is 81.6 Å². The number of anilines is 1. The normalized spacial score (nSPS) is 10.7. The maximum atomic E-state index is 8.61. The molecule has 0 atom stereocenters. The third-order valence-corrected chi connectivity index (χ3v) is 1.93. The summed E-state index contributed by atoms with van der Waals surface area (Å²) in [4.78, 5) is 4.22. The van der Waals surface area contributed by atoms with E-state index in [-0.39, 0.29) is 6.61 Å². The summed E-state index contributed by atoms with van der Waals surface area (Å²) >= 11 is 0. The van der Waals surface area contributed by atoms with E-state index in [9.17, 15) is 0 Å². The van der Waals surface area contributed by atoms with E-state index in [0.29, 0.717) is 12.6 Å². The lowest BCUT2D eigenvalue weighted by molar-refractivity contribution is 0.310. The molecular formula is C10H12N2O2. The summed E-state index contributed by atoms with van der Waals surface area (Å²) < 4.78 is 5.39. The molecule has 0 fully saturated rings. The van der Waals surface area contributed by atoms with Gasteiger partial charge in [0.1, 0.15) is 5.52 Å². The molecule has 2 rings (SSSR count). The summed E-state index contributed by atoms with van der Waals surface area (Å²) in [6.45, 7) is 2.53. The van der Waals surface area contributed by atoms with Crippen LogP contribution in [0.4, 0.5) is 6.01 Å². The number of oxazole rings is 1. The zero-order valence-corrected chi connectivity index (χ0v) is 7.95. The van der Waals surface area contributed by atoms with Crippen molar-refractivity contribution in [1.29, 1.82) is 0 Å². The molecule has 2 N–H and O–H groups in total. The van der Waals surface area contributed by atoms with Gasteiger partial charge in [-0.15, -0.1) is 0 Å². The quantitative estimate of drug-likeness (QED) is 0.774. The molecule has 74 valence electrons. The highest BCUT2D eigenvalue weighted by Crippen LogP contribution is 2.19. The van der Waals surface area contributed by atoms with Crippen LogP contribution in [0.25, 0.3) is 11.1 Å². The van der Waals surface area contributed by atoms with Crippen molar-refractivity contribution >= 4 is 17.1 Å². The maximum Gasteiger partial charge on any atom is 0.295 e. The van der Waals surface area contributed by atoms with Gasteiger partial charge >= 0.3 is 0 Å². The Morgan fingerprint density at radius 3 is 3.14 bits per heavy atom. The van der Waals surface area contributed by atoms with Crippen LogP contribution < -0.4 is 5.32 Å². The molecule has 1 aromatic heterocycles. The highest BCUT2D eigenvalue weighted by molar-refractivity contribution is 5.75. The van der Waals surface area contributed by atoms with Crippen LogP contribution in [0.5, 0.6) is 0 Å². The fourth-order valence-electron chi connectivity index (χ4n) is 1.28. The van der Waals surface area contributed by atoms with E-state index in [0.717, 1.165) is 16.7 Å². The first kappa shape index (κ1) is 9.02. The second-order valence-corrected chi connectivity index (χ2v) is 3.14. The van der Waals surface area contributed by atoms with Crippen molar-refractivity contribution in [2.75, 3.05) is 18.5 Å². The first-order valence-corrected chi connectivity index (χ1v) is 4.51. The first-order chi connectivity index (χ1) is 6.79. The number of hydrogen-bond acceptors (Lipinski definition) is 4. The summed E-state index contributed by atoms with van der Waals surface area (Å²) in [7, 11) is 0. The summed E-state index contributed by atoms with van der Waals surface area (Å²) in [6, 6.07) is 6.29. The molecule has 0 spiro atoms. The number of fused-ring (bicyclic) bond motifs is 1. The van der Waals surface area contributed by atoms with E-state index in [1.54, 1.807) is 0 Å². The molecule has 0 aliphatic rings. The number of aryl methyl sites for hydroxylation is 1. The standard InChI is InChI=1S/C10H12N2O2/c1-7-2-3-9-8(6-7)12-10(14-9)11-4-5-13/h2-3,6,13H,4-5H2,1H3,(H,11,12). The van der Waals surface area contributed by atoms with Gasteiger partial charge in [0, 0.05) is 6.54 Å². The fraction of sp³-hybridized carbons (Fsp3) is 0.300. The van der Waals surface area contributed by atoms with Crippen molar-refractivity contribution in [1.82, 2.24) is 4.98 Å². The third-order valence-electron chi connectivity index (χ3n) is 1.93. The predicted octanol–water partition coefficient (Wildman–Crippen LogP) is 1.54. The molecule has 4 nitrogen and oxygen atoms in total. The van der Waals surface area contributed by atoms with Crippen molar-refractivity contribution in [2.45, 2.75) is 6.92 Å². The van der Waals surface area contributed by atoms with E-state index >= 15 is 0 Å². The van der Waals surface area contributed by atoms with Crippen LogP contribution in [0, 0.1) is 6.92 Å². The number of aromatic nitrogens is 1. The Kier molecular flexibility index (Phi) is 2.37. The SMILES string of the molecule is Cc1ccc2oc(NCCO)nc2c1. The van der Waals surface area contributed by atoms with E-state index in [1.807, 2.05) is 25.1 Å². The number of rotatable bonds is 3. The minimum Gasteiger partial charge on any atom is -0.424 e. The van der Waals surface area contributed by atoms with Crippen LogP contribution in [0.3, 0.4) is 0 Å². The van der Waals surface area contributed by atoms with Gasteiger partial charge in [-0.1, -0.05) is 6.07 Å². The molecule has 0 aliphatic carbocycles. The molecule has 14 heavy (non-hydrogen) atoms. The van der Waals surface area contributed by atoms with Gasteiger partial charge in [-0.2, -0.15) is 4.98 Å². The van der Waals surface area contributed by atoms with Gasteiger partial charge in [-0.05, 0) is 24.6 Å². The number of nitrogens with zero attached hydrogens (tertiary/aromatic N) is 1.